The summed E-state index contributed by atoms with van der Waals surface area (Å²) in [5.41, 5.74) is 5.66. The molecule has 92 valence electrons. The van der Waals surface area contributed by atoms with E-state index in [1.165, 1.54) is 0 Å². The summed E-state index contributed by atoms with van der Waals surface area (Å²) in [5, 5.41) is 8.74. The van der Waals surface area contributed by atoms with Gasteiger partial charge < -0.3 is 10.6 Å². The number of carbonyl (C=O) groups excluding carboxylic acids is 1. The molecular formula is C12H23N3O. The largest absolute Gasteiger partial charge is 0.340 e. The summed E-state index contributed by atoms with van der Waals surface area (Å²) in [6.45, 7) is 10.6. The molecule has 2 N–H and O–H groups in total. The molecule has 0 saturated carbocycles. The topological polar surface area (TPSA) is 70.1 Å². The molecule has 0 radical (unpaired) electrons. The third kappa shape index (κ3) is 4.19. The number of hydrogen-bond donors (Lipinski definition) is 1. The third-order valence-electron chi connectivity index (χ3n) is 2.61. The number of likely N-dealkylation sites (N-methyl/N-ethyl adjacent to an activating group) is 1. The van der Waals surface area contributed by atoms with Crippen LogP contribution in [0.15, 0.2) is 0 Å². The zero-order chi connectivity index (χ0) is 12.9. The molecular weight excluding hydrogens is 202 g/mol. The molecule has 4 heteroatoms. The Labute approximate surface area is 98.4 Å². The van der Waals surface area contributed by atoms with Gasteiger partial charge in [0.1, 0.15) is 0 Å². The molecule has 0 spiro atoms. The lowest BCUT2D eigenvalue weighted by molar-refractivity contribution is -0.135. The lowest BCUT2D eigenvalue weighted by Gasteiger charge is -2.32. The van der Waals surface area contributed by atoms with Gasteiger partial charge in [0.15, 0.2) is 0 Å². The SMILES string of the molecule is CCN(CC(C)C#N)C(=O)[C@H](N)C(C)(C)C. The Morgan fingerprint density at radius 3 is 2.31 bits per heavy atom. The zero-order valence-corrected chi connectivity index (χ0v) is 10.9. The second kappa shape index (κ2) is 5.86. The van der Waals surface area contributed by atoms with Crippen LogP contribution in [0.2, 0.25) is 0 Å². The molecule has 0 aromatic heterocycles. The fraction of sp³-hybridized carbons (Fsp3) is 0.833. The van der Waals surface area contributed by atoms with Crippen molar-refractivity contribution in [3.63, 3.8) is 0 Å². The summed E-state index contributed by atoms with van der Waals surface area (Å²) in [6.07, 6.45) is 0. The van der Waals surface area contributed by atoms with E-state index < -0.39 is 6.04 Å². The van der Waals surface area contributed by atoms with Crippen molar-refractivity contribution in [1.82, 2.24) is 4.90 Å². The summed E-state index contributed by atoms with van der Waals surface area (Å²) in [4.78, 5) is 13.7. The number of rotatable bonds is 4. The van der Waals surface area contributed by atoms with Crippen LogP contribution in [0.1, 0.15) is 34.6 Å². The van der Waals surface area contributed by atoms with E-state index in [4.69, 9.17) is 11.0 Å². The number of amides is 1. The minimum absolute atomic E-state index is 0.0721. The predicted molar refractivity (Wildman–Crippen MR) is 64.5 cm³/mol. The Morgan fingerprint density at radius 1 is 1.50 bits per heavy atom. The maximum atomic E-state index is 12.1. The number of nitrogens with two attached hydrogens (primary N) is 1. The first-order valence-electron chi connectivity index (χ1n) is 5.68. The highest BCUT2D eigenvalue weighted by Gasteiger charge is 2.30. The predicted octanol–water partition coefficient (Wildman–Crippen LogP) is 1.37. The van der Waals surface area contributed by atoms with Crippen LogP contribution in [0.3, 0.4) is 0 Å². The maximum absolute atomic E-state index is 12.1. The summed E-state index contributed by atoms with van der Waals surface area (Å²) >= 11 is 0. The fourth-order valence-corrected chi connectivity index (χ4v) is 1.31. The molecule has 0 aliphatic carbocycles. The van der Waals surface area contributed by atoms with Gasteiger partial charge in [0.05, 0.1) is 18.0 Å². The Hall–Kier alpha value is -1.08. The molecule has 0 aromatic rings. The quantitative estimate of drug-likeness (QED) is 0.785. The van der Waals surface area contributed by atoms with Crippen molar-refractivity contribution in [1.29, 1.82) is 5.26 Å². The number of hydrogen-bond acceptors (Lipinski definition) is 3. The van der Waals surface area contributed by atoms with Crippen molar-refractivity contribution >= 4 is 5.91 Å². The molecule has 0 heterocycles. The molecule has 0 saturated heterocycles. The van der Waals surface area contributed by atoms with Crippen molar-refractivity contribution in [3.05, 3.63) is 0 Å². The lowest BCUT2D eigenvalue weighted by Crippen LogP contribution is -2.51. The van der Waals surface area contributed by atoms with Gasteiger partial charge in [-0.25, -0.2) is 0 Å². The second-order valence-electron chi connectivity index (χ2n) is 5.25. The molecule has 0 rings (SSSR count). The lowest BCUT2D eigenvalue weighted by atomic mass is 9.86. The van der Waals surface area contributed by atoms with Crippen LogP contribution in [-0.2, 0) is 4.79 Å². The first kappa shape index (κ1) is 14.9. The average molecular weight is 225 g/mol. The van der Waals surface area contributed by atoms with Gasteiger partial charge in [-0.2, -0.15) is 5.26 Å². The molecule has 2 atom stereocenters. The molecule has 0 aliphatic heterocycles. The van der Waals surface area contributed by atoms with Crippen molar-refractivity contribution in [2.75, 3.05) is 13.1 Å². The van der Waals surface area contributed by atoms with Crippen LogP contribution in [-0.4, -0.2) is 29.9 Å². The smallest absolute Gasteiger partial charge is 0.240 e. The van der Waals surface area contributed by atoms with Gasteiger partial charge in [-0.1, -0.05) is 20.8 Å². The fourth-order valence-electron chi connectivity index (χ4n) is 1.31. The van der Waals surface area contributed by atoms with Gasteiger partial charge >= 0.3 is 0 Å². The molecule has 0 aliphatic rings. The van der Waals surface area contributed by atoms with E-state index in [0.29, 0.717) is 13.1 Å². The van der Waals surface area contributed by atoms with Crippen molar-refractivity contribution in [2.24, 2.45) is 17.1 Å². The Kier molecular flexibility index (Phi) is 5.46. The Balaban J connectivity index is 4.61. The molecule has 1 unspecified atom stereocenters. The minimum atomic E-state index is -0.515. The van der Waals surface area contributed by atoms with Gasteiger partial charge in [-0.15, -0.1) is 0 Å². The normalized spacial score (nSPS) is 15.1. The Morgan fingerprint density at radius 2 is 2.00 bits per heavy atom. The molecule has 16 heavy (non-hydrogen) atoms. The van der Waals surface area contributed by atoms with Crippen LogP contribution >= 0.6 is 0 Å². The monoisotopic (exact) mass is 225 g/mol. The van der Waals surface area contributed by atoms with E-state index >= 15 is 0 Å². The number of nitriles is 1. The highest BCUT2D eigenvalue weighted by Crippen LogP contribution is 2.19. The van der Waals surface area contributed by atoms with Crippen LogP contribution in [0, 0.1) is 22.7 Å². The third-order valence-corrected chi connectivity index (χ3v) is 2.61. The Bertz CT molecular complexity index is 275. The summed E-state index contributed by atoms with van der Waals surface area (Å²) in [7, 11) is 0. The van der Waals surface area contributed by atoms with Crippen molar-refractivity contribution in [2.45, 2.75) is 40.7 Å². The molecule has 0 bridgehead atoms. The summed E-state index contributed by atoms with van der Waals surface area (Å²) < 4.78 is 0. The van der Waals surface area contributed by atoms with Gasteiger partial charge in [0.2, 0.25) is 5.91 Å². The molecule has 0 aromatic carbocycles. The van der Waals surface area contributed by atoms with E-state index in [0.717, 1.165) is 0 Å². The second-order valence-corrected chi connectivity index (χ2v) is 5.25. The average Bonchev–Trinajstić information content (AvgIpc) is 2.22. The first-order valence-corrected chi connectivity index (χ1v) is 5.68. The van der Waals surface area contributed by atoms with Gasteiger partial charge in [-0.3, -0.25) is 4.79 Å². The van der Waals surface area contributed by atoms with Crippen molar-refractivity contribution in [3.8, 4) is 6.07 Å². The van der Waals surface area contributed by atoms with Gasteiger partial charge in [0, 0.05) is 13.1 Å². The van der Waals surface area contributed by atoms with E-state index in [-0.39, 0.29) is 17.2 Å². The van der Waals surface area contributed by atoms with Crippen LogP contribution < -0.4 is 5.73 Å². The number of carbonyl (C=O) groups is 1. The molecule has 0 fully saturated rings. The summed E-state index contributed by atoms with van der Waals surface area (Å²) in [6, 6.07) is 1.61. The highest BCUT2D eigenvalue weighted by molar-refractivity contribution is 5.82. The van der Waals surface area contributed by atoms with E-state index in [2.05, 4.69) is 6.07 Å². The standard InChI is InChI=1S/C12H23N3O/c1-6-15(8-9(2)7-13)11(16)10(14)12(3,4)5/h9-10H,6,8,14H2,1-5H3/t9?,10-/m0/s1. The first-order chi connectivity index (χ1) is 7.23. The number of nitrogens with zero attached hydrogens (tertiary/aromatic N) is 2. The molecule has 1 amide bonds. The van der Waals surface area contributed by atoms with Gasteiger partial charge in [-0.05, 0) is 19.3 Å². The minimum Gasteiger partial charge on any atom is -0.340 e. The van der Waals surface area contributed by atoms with Crippen LogP contribution in [0.25, 0.3) is 0 Å². The zero-order valence-electron chi connectivity index (χ0n) is 10.9. The van der Waals surface area contributed by atoms with E-state index in [1.807, 2.05) is 27.7 Å². The van der Waals surface area contributed by atoms with E-state index in [9.17, 15) is 4.79 Å². The van der Waals surface area contributed by atoms with Crippen LogP contribution in [0.5, 0.6) is 0 Å². The summed E-state index contributed by atoms with van der Waals surface area (Å²) in [5.74, 6) is -0.229. The van der Waals surface area contributed by atoms with Crippen molar-refractivity contribution < 1.29 is 4.79 Å². The van der Waals surface area contributed by atoms with Crippen LogP contribution in [0.4, 0.5) is 0 Å². The highest BCUT2D eigenvalue weighted by atomic mass is 16.2. The van der Waals surface area contributed by atoms with Gasteiger partial charge in [0.25, 0.3) is 0 Å². The maximum Gasteiger partial charge on any atom is 0.240 e. The molecule has 4 nitrogen and oxygen atoms in total. The van der Waals surface area contributed by atoms with E-state index in [1.54, 1.807) is 11.8 Å².